The Hall–Kier alpha value is -2.79. The fourth-order valence-corrected chi connectivity index (χ4v) is 8.01. The molecule has 0 spiro atoms. The summed E-state index contributed by atoms with van der Waals surface area (Å²) in [4.78, 5) is 13.0. The molecule has 1 saturated heterocycles. The molecule has 11 heteroatoms. The largest absolute Gasteiger partial charge is 0.353 e. The number of halogens is 1. The lowest BCUT2D eigenvalue weighted by Gasteiger charge is -2.33. The second-order valence-corrected chi connectivity index (χ2v) is 13.4. The van der Waals surface area contributed by atoms with Crippen LogP contribution in [0.15, 0.2) is 53.6 Å². The minimum absolute atomic E-state index is 0.0657. The van der Waals surface area contributed by atoms with Crippen LogP contribution in [0.1, 0.15) is 67.0 Å². The first-order valence-corrected chi connectivity index (χ1v) is 16.0. The summed E-state index contributed by atoms with van der Waals surface area (Å²) in [5.74, 6) is -0.333. The second kappa shape index (κ2) is 11.6. The number of aryl methyl sites for hydroxylation is 1. The van der Waals surface area contributed by atoms with Crippen molar-refractivity contribution in [3.8, 4) is 0 Å². The maximum Gasteiger partial charge on any atom is 0.243 e. The highest BCUT2D eigenvalue weighted by molar-refractivity contribution is 7.89. The van der Waals surface area contributed by atoms with Crippen molar-refractivity contribution in [3.05, 3.63) is 76.1 Å². The predicted octanol–water partition coefficient (Wildman–Crippen LogP) is 3.62. The van der Waals surface area contributed by atoms with E-state index in [9.17, 15) is 13.2 Å². The smallest absolute Gasteiger partial charge is 0.243 e. The SMILES string of the molecule is O=C1NCCN(S(=O)(=O)c2ccc(Cl)cc2)[C@@H]1Cc1cn([C@@H]2CCCc3cc(CNC4CCCC4)ccc32)nn1. The Morgan fingerprint density at radius 1 is 1.05 bits per heavy atom. The number of aromatic nitrogens is 3. The van der Waals surface area contributed by atoms with Crippen molar-refractivity contribution in [1.82, 2.24) is 29.9 Å². The summed E-state index contributed by atoms with van der Waals surface area (Å²) in [5.41, 5.74) is 4.51. The molecule has 40 heavy (non-hydrogen) atoms. The molecule has 1 aromatic heterocycles. The zero-order valence-electron chi connectivity index (χ0n) is 22.4. The number of amides is 1. The van der Waals surface area contributed by atoms with Gasteiger partial charge in [-0.3, -0.25) is 4.79 Å². The number of sulfonamides is 1. The van der Waals surface area contributed by atoms with Crippen molar-refractivity contribution in [2.24, 2.45) is 0 Å². The Morgan fingerprint density at radius 3 is 2.65 bits per heavy atom. The fourth-order valence-electron chi connectivity index (χ4n) is 6.29. The van der Waals surface area contributed by atoms with Gasteiger partial charge in [0.2, 0.25) is 15.9 Å². The van der Waals surface area contributed by atoms with Gasteiger partial charge in [-0.15, -0.1) is 5.10 Å². The van der Waals surface area contributed by atoms with Gasteiger partial charge in [-0.25, -0.2) is 13.1 Å². The van der Waals surface area contributed by atoms with E-state index in [-0.39, 0.29) is 36.4 Å². The zero-order valence-corrected chi connectivity index (χ0v) is 24.0. The number of benzene rings is 2. The summed E-state index contributed by atoms with van der Waals surface area (Å²) >= 11 is 5.96. The molecular formula is C29H35ClN6O3S. The number of piperazine rings is 1. The first-order chi connectivity index (χ1) is 19.4. The first-order valence-electron chi connectivity index (χ1n) is 14.2. The third-order valence-corrected chi connectivity index (χ3v) is 10.6. The van der Waals surface area contributed by atoms with Crippen LogP contribution in [0, 0.1) is 0 Å². The van der Waals surface area contributed by atoms with Crippen molar-refractivity contribution < 1.29 is 13.2 Å². The predicted molar refractivity (Wildman–Crippen MR) is 152 cm³/mol. The van der Waals surface area contributed by atoms with Crippen LogP contribution in [0.4, 0.5) is 0 Å². The van der Waals surface area contributed by atoms with Crippen LogP contribution in [0.3, 0.4) is 0 Å². The summed E-state index contributed by atoms with van der Waals surface area (Å²) in [7, 11) is -3.90. The van der Waals surface area contributed by atoms with Gasteiger partial charge in [-0.05, 0) is 73.1 Å². The van der Waals surface area contributed by atoms with E-state index in [4.69, 9.17) is 11.6 Å². The highest BCUT2D eigenvalue weighted by Crippen LogP contribution is 2.33. The van der Waals surface area contributed by atoms with Gasteiger partial charge in [-0.1, -0.05) is 47.9 Å². The number of nitrogens with zero attached hydrogens (tertiary/aromatic N) is 4. The molecule has 0 radical (unpaired) electrons. The van der Waals surface area contributed by atoms with Gasteiger partial charge >= 0.3 is 0 Å². The maximum absolute atomic E-state index is 13.4. The molecule has 0 unspecified atom stereocenters. The number of fused-ring (bicyclic) bond motifs is 1. The lowest BCUT2D eigenvalue weighted by molar-refractivity contribution is -0.126. The first kappa shape index (κ1) is 27.4. The summed E-state index contributed by atoms with van der Waals surface area (Å²) in [6.07, 6.45) is 10.3. The van der Waals surface area contributed by atoms with Crippen molar-refractivity contribution in [2.45, 2.75) is 80.9 Å². The number of rotatable bonds is 8. The fraction of sp³-hybridized carbons (Fsp3) is 0.483. The molecule has 9 nitrogen and oxygen atoms in total. The third kappa shape index (κ3) is 5.68. The van der Waals surface area contributed by atoms with Crippen LogP contribution in [-0.2, 0) is 34.2 Å². The van der Waals surface area contributed by atoms with Gasteiger partial charge in [-0.2, -0.15) is 4.31 Å². The Labute approximate surface area is 240 Å². The molecule has 3 aliphatic rings. The topological polar surface area (TPSA) is 109 Å². The van der Waals surface area contributed by atoms with Crippen LogP contribution in [0.2, 0.25) is 5.02 Å². The minimum Gasteiger partial charge on any atom is -0.353 e. The molecule has 1 saturated carbocycles. The van der Waals surface area contributed by atoms with Gasteiger partial charge in [0.05, 0.1) is 16.6 Å². The Bertz CT molecular complexity index is 1470. The van der Waals surface area contributed by atoms with Crippen LogP contribution in [0.5, 0.6) is 0 Å². The Balaban J connectivity index is 1.18. The number of carbonyl (C=O) groups excluding carboxylic acids is 1. The standard InChI is InChI=1S/C29H35ClN6O3S/c30-22-9-11-25(12-10-22)40(38,39)36-15-14-31-29(37)28(36)17-24-19-35(34-33-24)27-7-3-4-21-16-20(8-13-26(21)27)18-32-23-5-1-2-6-23/h8-13,16,19,23,27-28,32H,1-7,14-15,17-18H2,(H,31,37)/t27-,28-/m1/s1. The molecule has 212 valence electrons. The normalized spacial score (nSPS) is 22.3. The van der Waals surface area contributed by atoms with Crippen LogP contribution in [-0.4, -0.2) is 58.8 Å². The van der Waals surface area contributed by atoms with E-state index in [1.54, 1.807) is 0 Å². The molecule has 0 bridgehead atoms. The zero-order chi connectivity index (χ0) is 27.7. The van der Waals surface area contributed by atoms with Crippen molar-refractivity contribution in [1.29, 1.82) is 0 Å². The lowest BCUT2D eigenvalue weighted by atomic mass is 9.86. The van der Waals surface area contributed by atoms with E-state index in [2.05, 4.69) is 39.1 Å². The minimum atomic E-state index is -3.90. The van der Waals surface area contributed by atoms with E-state index in [1.165, 1.54) is 70.9 Å². The van der Waals surface area contributed by atoms with Gasteiger partial charge in [0.1, 0.15) is 6.04 Å². The molecule has 3 aromatic rings. The summed E-state index contributed by atoms with van der Waals surface area (Å²) in [6.45, 7) is 1.34. The molecule has 2 heterocycles. The van der Waals surface area contributed by atoms with E-state index in [1.807, 2.05) is 10.9 Å². The Kier molecular flexibility index (Phi) is 7.94. The van der Waals surface area contributed by atoms with Crippen LogP contribution >= 0.6 is 11.6 Å². The number of nitrogens with one attached hydrogen (secondary N) is 2. The molecule has 1 amide bonds. The van der Waals surface area contributed by atoms with Crippen molar-refractivity contribution >= 4 is 27.5 Å². The monoisotopic (exact) mass is 582 g/mol. The van der Waals surface area contributed by atoms with Gasteiger partial charge in [0.15, 0.2) is 0 Å². The third-order valence-electron chi connectivity index (χ3n) is 8.42. The van der Waals surface area contributed by atoms with E-state index < -0.39 is 16.1 Å². The van der Waals surface area contributed by atoms with E-state index >= 15 is 0 Å². The molecular weight excluding hydrogens is 548 g/mol. The number of hydrogen-bond donors (Lipinski definition) is 2. The molecule has 2 N–H and O–H groups in total. The van der Waals surface area contributed by atoms with Gasteiger partial charge < -0.3 is 10.6 Å². The van der Waals surface area contributed by atoms with Crippen LogP contribution in [0.25, 0.3) is 0 Å². The quantitative estimate of drug-likeness (QED) is 0.420. The van der Waals surface area contributed by atoms with Crippen molar-refractivity contribution in [2.75, 3.05) is 13.1 Å². The molecule has 6 rings (SSSR count). The average Bonchev–Trinajstić information content (AvgIpc) is 3.65. The molecule has 2 aliphatic carbocycles. The maximum atomic E-state index is 13.4. The molecule has 2 aromatic carbocycles. The van der Waals surface area contributed by atoms with Crippen molar-refractivity contribution in [3.63, 3.8) is 0 Å². The Morgan fingerprint density at radius 2 is 1.85 bits per heavy atom. The highest BCUT2D eigenvalue weighted by atomic mass is 35.5. The van der Waals surface area contributed by atoms with E-state index in [0.29, 0.717) is 16.8 Å². The van der Waals surface area contributed by atoms with Gasteiger partial charge in [0, 0.05) is 43.3 Å². The summed E-state index contributed by atoms with van der Waals surface area (Å²) in [6, 6.07) is 12.6. The summed E-state index contributed by atoms with van der Waals surface area (Å²) in [5, 5.41) is 15.8. The average molecular weight is 583 g/mol. The van der Waals surface area contributed by atoms with E-state index in [0.717, 1.165) is 25.8 Å². The molecule has 2 fully saturated rings. The second-order valence-electron chi connectivity index (χ2n) is 11.1. The molecule has 1 aliphatic heterocycles. The summed E-state index contributed by atoms with van der Waals surface area (Å²) < 4.78 is 30.0. The number of carbonyl (C=O) groups is 1. The number of hydrogen-bond acceptors (Lipinski definition) is 6. The van der Waals surface area contributed by atoms with Gasteiger partial charge in [0.25, 0.3) is 0 Å². The lowest BCUT2D eigenvalue weighted by Crippen LogP contribution is -2.57. The van der Waals surface area contributed by atoms with Crippen LogP contribution < -0.4 is 10.6 Å². The highest BCUT2D eigenvalue weighted by Gasteiger charge is 2.39. The molecule has 2 atom stereocenters.